The third-order valence-electron chi connectivity index (χ3n) is 4.43. The normalized spacial score (nSPS) is 16.7. The van der Waals surface area contributed by atoms with Gasteiger partial charge in [0.05, 0.1) is 5.69 Å². The first-order valence-corrected chi connectivity index (χ1v) is 9.54. The zero-order valence-corrected chi connectivity index (χ0v) is 17.3. The molecule has 2 N–H and O–H groups in total. The highest BCUT2D eigenvalue weighted by molar-refractivity contribution is 7.80. The van der Waals surface area contributed by atoms with Gasteiger partial charge in [-0.1, -0.05) is 35.9 Å². The molecule has 0 aliphatic carbocycles. The molecule has 0 aromatic heterocycles. The number of nitrogens with one attached hydrogen (secondary N) is 2. The molecule has 1 aliphatic heterocycles. The van der Waals surface area contributed by atoms with Crippen LogP contribution < -0.4 is 15.5 Å². The van der Waals surface area contributed by atoms with Crippen LogP contribution in [0.5, 0.6) is 0 Å². The summed E-state index contributed by atoms with van der Waals surface area (Å²) >= 11 is 11.2. The molecule has 7 nitrogen and oxygen atoms in total. The summed E-state index contributed by atoms with van der Waals surface area (Å²) in [5, 5.41) is 14.8. The van der Waals surface area contributed by atoms with Gasteiger partial charge < -0.3 is 10.6 Å². The van der Waals surface area contributed by atoms with Crippen molar-refractivity contribution in [2.24, 2.45) is 5.92 Å². The van der Waals surface area contributed by atoms with Gasteiger partial charge in [-0.3, -0.25) is 19.3 Å². The first-order valence-electron chi connectivity index (χ1n) is 8.75. The van der Waals surface area contributed by atoms with E-state index in [1.165, 1.54) is 0 Å². The van der Waals surface area contributed by atoms with Crippen molar-refractivity contribution < 1.29 is 14.4 Å². The first kappa shape index (κ1) is 21.2. The minimum atomic E-state index is -1.39. The van der Waals surface area contributed by atoms with Gasteiger partial charge in [-0.25, -0.2) is 0 Å². The quantitative estimate of drug-likeness (QED) is 0.330. The Morgan fingerprint density at radius 3 is 2.60 bits per heavy atom. The van der Waals surface area contributed by atoms with Crippen LogP contribution in [0.3, 0.4) is 0 Å². The van der Waals surface area contributed by atoms with Crippen molar-refractivity contribution in [3.63, 3.8) is 0 Å². The van der Waals surface area contributed by atoms with Crippen LogP contribution in [0.25, 0.3) is 0 Å². The summed E-state index contributed by atoms with van der Waals surface area (Å²) < 4.78 is 0. The van der Waals surface area contributed by atoms with Crippen molar-refractivity contribution in [1.29, 1.82) is 5.26 Å². The molecule has 1 saturated heterocycles. The van der Waals surface area contributed by atoms with Gasteiger partial charge >= 0.3 is 0 Å². The van der Waals surface area contributed by atoms with E-state index in [1.807, 2.05) is 0 Å². The fraction of sp³-hybridized carbons (Fsp3) is 0.0952. The van der Waals surface area contributed by atoms with Gasteiger partial charge in [-0.05, 0) is 55.0 Å². The van der Waals surface area contributed by atoms with Gasteiger partial charge in [0.15, 0.2) is 5.11 Å². The molecule has 2 aromatic rings. The van der Waals surface area contributed by atoms with Crippen molar-refractivity contribution >= 4 is 58.0 Å². The lowest BCUT2D eigenvalue weighted by Crippen LogP contribution is -2.57. The number of anilines is 2. The van der Waals surface area contributed by atoms with Crippen LogP contribution >= 0.6 is 23.8 Å². The summed E-state index contributed by atoms with van der Waals surface area (Å²) in [6.07, 6.45) is 1.03. The Hall–Kier alpha value is -3.54. The van der Waals surface area contributed by atoms with Gasteiger partial charge in [0.1, 0.15) is 17.6 Å². The molecule has 3 rings (SSSR count). The van der Waals surface area contributed by atoms with Crippen molar-refractivity contribution in [3.05, 3.63) is 70.8 Å². The Kier molecular flexibility index (Phi) is 6.26. The molecule has 2 aromatic carbocycles. The molecule has 0 bridgehead atoms. The number of nitrogens with zero attached hydrogens (tertiary/aromatic N) is 2. The lowest BCUT2D eigenvalue weighted by atomic mass is 10.0. The Morgan fingerprint density at radius 2 is 1.93 bits per heavy atom. The summed E-state index contributed by atoms with van der Waals surface area (Å²) in [5.41, 5.74) is 1.11. The van der Waals surface area contributed by atoms with Gasteiger partial charge in [-0.2, -0.15) is 5.26 Å². The smallest absolute Gasteiger partial charge is 0.266 e. The number of carbonyl (C=O) groups excluding carboxylic acids is 3. The molecule has 30 heavy (non-hydrogen) atoms. The SMILES string of the molecule is Cc1c(Cl)cccc1NC(=O)/C(C#N)=C/[C@@H]1C(=O)NC(=S)N(c2ccccc2)C1=O. The van der Waals surface area contributed by atoms with Crippen molar-refractivity contribution in [3.8, 4) is 6.07 Å². The van der Waals surface area contributed by atoms with Crippen LogP contribution in [0.15, 0.2) is 60.2 Å². The van der Waals surface area contributed by atoms with E-state index in [1.54, 1.807) is 61.5 Å². The van der Waals surface area contributed by atoms with Crippen LogP contribution in [0, 0.1) is 24.2 Å². The van der Waals surface area contributed by atoms with E-state index < -0.39 is 23.6 Å². The molecular weight excluding hydrogens is 424 g/mol. The zero-order valence-electron chi connectivity index (χ0n) is 15.7. The molecule has 1 heterocycles. The van der Waals surface area contributed by atoms with E-state index in [9.17, 15) is 19.6 Å². The highest BCUT2D eigenvalue weighted by Gasteiger charge is 2.38. The van der Waals surface area contributed by atoms with E-state index in [0.717, 1.165) is 11.0 Å². The number of rotatable bonds is 4. The number of carbonyl (C=O) groups is 3. The Balaban J connectivity index is 1.90. The molecular formula is C21H15ClN4O3S. The van der Waals surface area contributed by atoms with E-state index in [2.05, 4.69) is 10.6 Å². The fourth-order valence-corrected chi connectivity index (χ4v) is 3.29. The Morgan fingerprint density at radius 1 is 1.23 bits per heavy atom. The lowest BCUT2D eigenvalue weighted by Gasteiger charge is -2.31. The van der Waals surface area contributed by atoms with Crippen molar-refractivity contribution in [1.82, 2.24) is 5.32 Å². The van der Waals surface area contributed by atoms with Gasteiger partial charge in [0.25, 0.3) is 5.91 Å². The second-order valence-corrected chi connectivity index (χ2v) is 7.13. The summed E-state index contributed by atoms with van der Waals surface area (Å²) in [5.74, 6) is -3.52. The summed E-state index contributed by atoms with van der Waals surface area (Å²) in [4.78, 5) is 39.1. The van der Waals surface area contributed by atoms with Crippen LogP contribution in [0.1, 0.15) is 5.56 Å². The standard InChI is InChI=1S/C21H15ClN4O3S/c1-12-16(22)8-5-9-17(12)24-18(27)13(11-23)10-15-19(28)25-21(30)26(20(15)29)14-6-3-2-4-7-14/h2-10,15H,1H3,(H,24,27)(H,25,28,30)/b13-10+/t15-/m1/s1. The predicted octanol–water partition coefficient (Wildman–Crippen LogP) is 3.10. The van der Waals surface area contributed by atoms with Gasteiger partial charge in [0.2, 0.25) is 11.8 Å². The molecule has 0 radical (unpaired) electrons. The number of hydrogen-bond donors (Lipinski definition) is 2. The third-order valence-corrected chi connectivity index (χ3v) is 5.12. The molecule has 9 heteroatoms. The molecule has 1 aliphatic rings. The molecule has 150 valence electrons. The minimum Gasteiger partial charge on any atom is -0.321 e. The van der Waals surface area contributed by atoms with Crippen molar-refractivity contribution in [2.45, 2.75) is 6.92 Å². The maximum atomic E-state index is 13.0. The second kappa shape index (κ2) is 8.86. The summed E-state index contributed by atoms with van der Waals surface area (Å²) in [6.45, 7) is 1.71. The van der Waals surface area contributed by atoms with E-state index >= 15 is 0 Å². The van der Waals surface area contributed by atoms with Crippen LogP contribution in [0.4, 0.5) is 11.4 Å². The number of benzene rings is 2. The topological polar surface area (TPSA) is 102 Å². The van der Waals surface area contributed by atoms with Gasteiger partial charge in [0, 0.05) is 10.7 Å². The fourth-order valence-electron chi connectivity index (χ4n) is 2.82. The lowest BCUT2D eigenvalue weighted by molar-refractivity contribution is -0.131. The Bertz CT molecular complexity index is 1120. The molecule has 1 fully saturated rings. The van der Waals surface area contributed by atoms with Gasteiger partial charge in [-0.15, -0.1) is 0 Å². The number of nitriles is 1. The third kappa shape index (κ3) is 4.22. The highest BCUT2D eigenvalue weighted by atomic mass is 35.5. The average Bonchev–Trinajstić information content (AvgIpc) is 2.72. The molecule has 0 saturated carbocycles. The summed E-state index contributed by atoms with van der Waals surface area (Å²) in [7, 11) is 0. The number of halogens is 1. The highest BCUT2D eigenvalue weighted by Crippen LogP contribution is 2.25. The predicted molar refractivity (Wildman–Crippen MR) is 117 cm³/mol. The largest absolute Gasteiger partial charge is 0.321 e. The van der Waals surface area contributed by atoms with Crippen LogP contribution in [0.2, 0.25) is 5.02 Å². The second-order valence-electron chi connectivity index (χ2n) is 6.34. The van der Waals surface area contributed by atoms with E-state index in [4.69, 9.17) is 23.8 Å². The number of amides is 3. The Labute approximate surface area is 182 Å². The first-order chi connectivity index (χ1) is 14.3. The van der Waals surface area contributed by atoms with Crippen LogP contribution in [-0.4, -0.2) is 22.8 Å². The summed E-state index contributed by atoms with van der Waals surface area (Å²) in [6, 6.07) is 15.2. The van der Waals surface area contributed by atoms with Crippen LogP contribution in [-0.2, 0) is 14.4 Å². The molecule has 3 amide bonds. The molecule has 0 unspecified atom stereocenters. The van der Waals surface area contributed by atoms with Crippen molar-refractivity contribution in [2.75, 3.05) is 10.2 Å². The molecule has 0 spiro atoms. The zero-order chi connectivity index (χ0) is 21.8. The van der Waals surface area contributed by atoms with E-state index in [-0.39, 0.29) is 10.7 Å². The number of hydrogen-bond acceptors (Lipinski definition) is 5. The number of para-hydroxylation sites is 1. The maximum absolute atomic E-state index is 13.0. The maximum Gasteiger partial charge on any atom is 0.266 e. The number of thiocarbonyl (C=S) groups is 1. The molecule has 1 atom stereocenters. The minimum absolute atomic E-state index is 0.0710. The monoisotopic (exact) mass is 438 g/mol. The average molecular weight is 439 g/mol. The van der Waals surface area contributed by atoms with E-state index in [0.29, 0.717) is 22.0 Å².